The van der Waals surface area contributed by atoms with E-state index in [4.69, 9.17) is 9.47 Å². The maximum Gasteiger partial charge on any atom is 0.231 e. The Morgan fingerprint density at radius 1 is 1.10 bits per heavy atom. The van der Waals surface area contributed by atoms with Crippen molar-refractivity contribution in [2.24, 2.45) is 5.92 Å². The molecular formula is C23H38N6O2+2. The summed E-state index contributed by atoms with van der Waals surface area (Å²) >= 11 is 0. The molecule has 0 unspecified atom stereocenters. The second-order valence-electron chi connectivity index (χ2n) is 10.1. The Labute approximate surface area is 185 Å². The van der Waals surface area contributed by atoms with Crippen LogP contribution in [0.4, 0.5) is 0 Å². The van der Waals surface area contributed by atoms with Crippen molar-refractivity contribution in [1.29, 1.82) is 0 Å². The van der Waals surface area contributed by atoms with Gasteiger partial charge in [-0.25, -0.2) is 4.68 Å². The number of quaternary nitrogens is 2. The highest BCUT2D eigenvalue weighted by atomic mass is 16.7. The molecule has 0 aliphatic carbocycles. The van der Waals surface area contributed by atoms with Gasteiger partial charge < -0.3 is 19.3 Å². The molecule has 0 radical (unpaired) electrons. The predicted octanol–water partition coefficient (Wildman–Crippen LogP) is 0.618. The summed E-state index contributed by atoms with van der Waals surface area (Å²) in [5.74, 6) is 3.39. The predicted molar refractivity (Wildman–Crippen MR) is 117 cm³/mol. The Hall–Kier alpha value is -2.19. The number of ether oxygens (including phenoxy) is 2. The average molecular weight is 431 g/mol. The monoisotopic (exact) mass is 430 g/mol. The molecule has 8 nitrogen and oxygen atoms in total. The molecule has 1 aromatic heterocycles. The fourth-order valence-electron chi connectivity index (χ4n) is 4.71. The van der Waals surface area contributed by atoms with Gasteiger partial charge in [-0.15, -0.1) is 5.10 Å². The fourth-order valence-corrected chi connectivity index (χ4v) is 4.71. The first-order chi connectivity index (χ1) is 14.9. The van der Waals surface area contributed by atoms with E-state index in [9.17, 15) is 0 Å². The van der Waals surface area contributed by atoms with Gasteiger partial charge in [0.15, 0.2) is 17.5 Å². The summed E-state index contributed by atoms with van der Waals surface area (Å²) in [6.45, 7) is 17.2. The van der Waals surface area contributed by atoms with E-state index in [0.717, 1.165) is 62.9 Å². The summed E-state index contributed by atoms with van der Waals surface area (Å²) in [5.41, 5.74) is 1.25. The van der Waals surface area contributed by atoms with Crippen molar-refractivity contribution in [3.63, 3.8) is 0 Å². The third-order valence-electron chi connectivity index (χ3n) is 6.93. The maximum atomic E-state index is 5.55. The van der Waals surface area contributed by atoms with E-state index in [2.05, 4.69) is 67.0 Å². The van der Waals surface area contributed by atoms with Gasteiger partial charge >= 0.3 is 0 Å². The molecule has 0 saturated carbocycles. The Morgan fingerprint density at radius 3 is 2.55 bits per heavy atom. The van der Waals surface area contributed by atoms with Crippen LogP contribution in [0.5, 0.6) is 11.5 Å². The molecule has 1 fully saturated rings. The number of hydrogen-bond donors (Lipinski definition) is 2. The van der Waals surface area contributed by atoms with Crippen molar-refractivity contribution in [2.45, 2.75) is 65.6 Å². The average Bonchev–Trinajstić information content (AvgIpc) is 3.42. The van der Waals surface area contributed by atoms with E-state index in [1.165, 1.54) is 5.56 Å². The number of aromatic nitrogens is 4. The Morgan fingerprint density at radius 2 is 1.84 bits per heavy atom. The minimum absolute atomic E-state index is 0.0695. The number of benzene rings is 1. The quantitative estimate of drug-likeness (QED) is 0.643. The van der Waals surface area contributed by atoms with E-state index in [-0.39, 0.29) is 5.54 Å². The van der Waals surface area contributed by atoms with Gasteiger partial charge in [0.2, 0.25) is 12.6 Å². The minimum Gasteiger partial charge on any atom is -0.454 e. The topological polar surface area (TPSA) is 70.9 Å². The SMILES string of the molecule is CCC(C)(C)n1nnnc1[C@H](CC(C)C)[NH+]1CC[NH+](Cc2ccc3c(c2)OCO3)CC1. The molecule has 1 aromatic carbocycles. The van der Waals surface area contributed by atoms with Crippen molar-refractivity contribution in [3.8, 4) is 11.5 Å². The van der Waals surface area contributed by atoms with Crippen LogP contribution in [0, 0.1) is 5.92 Å². The summed E-state index contributed by atoms with van der Waals surface area (Å²) in [4.78, 5) is 3.24. The molecule has 8 heteroatoms. The molecule has 2 aromatic rings. The standard InChI is InChI=1S/C23H36N6O2/c1-6-23(4,5)29-22(24-25-26-29)19(13-17(2)3)28-11-9-27(10-12-28)15-18-7-8-20-21(14-18)31-16-30-20/h7-8,14,17,19H,6,9-13,15-16H2,1-5H3/p+2/t19-/m0/s1. The van der Waals surface area contributed by atoms with Crippen LogP contribution in [0.1, 0.15) is 64.9 Å². The second kappa shape index (κ2) is 9.12. The van der Waals surface area contributed by atoms with Crippen molar-refractivity contribution < 1.29 is 19.3 Å². The number of tetrazole rings is 1. The van der Waals surface area contributed by atoms with Gasteiger partial charge in [-0.05, 0) is 54.8 Å². The molecule has 31 heavy (non-hydrogen) atoms. The van der Waals surface area contributed by atoms with Gasteiger partial charge in [-0.1, -0.05) is 20.8 Å². The van der Waals surface area contributed by atoms with E-state index in [1.807, 2.05) is 6.07 Å². The van der Waals surface area contributed by atoms with Gasteiger partial charge in [0.1, 0.15) is 32.7 Å². The van der Waals surface area contributed by atoms with Crippen molar-refractivity contribution in [1.82, 2.24) is 20.2 Å². The summed E-state index contributed by atoms with van der Waals surface area (Å²) in [6.07, 6.45) is 2.11. The lowest BCUT2D eigenvalue weighted by Crippen LogP contribution is -3.27. The third-order valence-corrected chi connectivity index (χ3v) is 6.93. The molecule has 3 heterocycles. The van der Waals surface area contributed by atoms with Crippen LogP contribution in [0.15, 0.2) is 18.2 Å². The van der Waals surface area contributed by atoms with Gasteiger partial charge in [0.05, 0.1) is 5.54 Å². The van der Waals surface area contributed by atoms with Crippen LogP contribution in [0.25, 0.3) is 0 Å². The molecule has 0 bridgehead atoms. The van der Waals surface area contributed by atoms with Crippen LogP contribution in [-0.4, -0.2) is 53.2 Å². The lowest BCUT2D eigenvalue weighted by Gasteiger charge is -2.36. The summed E-state index contributed by atoms with van der Waals surface area (Å²) in [7, 11) is 0. The first-order valence-corrected chi connectivity index (χ1v) is 11.7. The molecule has 4 rings (SSSR count). The van der Waals surface area contributed by atoms with E-state index in [0.29, 0.717) is 18.8 Å². The van der Waals surface area contributed by atoms with E-state index >= 15 is 0 Å². The Kier molecular flexibility index (Phi) is 6.48. The number of hydrogen-bond acceptors (Lipinski definition) is 5. The molecular weight excluding hydrogens is 392 g/mol. The summed E-state index contributed by atoms with van der Waals surface area (Å²) in [6, 6.07) is 6.68. The molecule has 2 aliphatic heterocycles. The number of nitrogens with one attached hydrogen (secondary N) is 2. The molecule has 0 spiro atoms. The van der Waals surface area contributed by atoms with Gasteiger partial charge in [0.25, 0.3) is 0 Å². The summed E-state index contributed by atoms with van der Waals surface area (Å²) in [5, 5.41) is 13.0. The molecule has 2 N–H and O–H groups in total. The third kappa shape index (κ3) is 4.85. The molecule has 1 atom stereocenters. The largest absolute Gasteiger partial charge is 0.454 e. The normalized spacial score (nSPS) is 22.1. The first-order valence-electron chi connectivity index (χ1n) is 11.7. The van der Waals surface area contributed by atoms with Gasteiger partial charge in [-0.2, -0.15) is 0 Å². The number of nitrogens with zero attached hydrogens (tertiary/aromatic N) is 4. The Balaban J connectivity index is 1.43. The highest BCUT2D eigenvalue weighted by Crippen LogP contribution is 2.32. The number of piperazine rings is 1. The van der Waals surface area contributed by atoms with Crippen LogP contribution >= 0.6 is 0 Å². The molecule has 2 aliphatic rings. The highest BCUT2D eigenvalue weighted by Gasteiger charge is 2.37. The highest BCUT2D eigenvalue weighted by molar-refractivity contribution is 5.44. The fraction of sp³-hybridized carbons (Fsp3) is 0.696. The minimum atomic E-state index is -0.0695. The lowest BCUT2D eigenvalue weighted by molar-refractivity contribution is -1.03. The molecule has 0 amide bonds. The van der Waals surface area contributed by atoms with Crippen molar-refractivity contribution in [3.05, 3.63) is 29.6 Å². The smallest absolute Gasteiger partial charge is 0.231 e. The number of rotatable bonds is 8. The van der Waals surface area contributed by atoms with E-state index in [1.54, 1.807) is 9.80 Å². The molecule has 1 saturated heterocycles. The van der Waals surface area contributed by atoms with Gasteiger partial charge in [0, 0.05) is 12.0 Å². The van der Waals surface area contributed by atoms with Crippen molar-refractivity contribution in [2.75, 3.05) is 33.0 Å². The second-order valence-corrected chi connectivity index (χ2v) is 10.1. The van der Waals surface area contributed by atoms with E-state index < -0.39 is 0 Å². The maximum absolute atomic E-state index is 5.55. The van der Waals surface area contributed by atoms with Crippen LogP contribution in [0.2, 0.25) is 0 Å². The van der Waals surface area contributed by atoms with Crippen LogP contribution in [-0.2, 0) is 12.1 Å². The van der Waals surface area contributed by atoms with Crippen LogP contribution < -0.4 is 19.3 Å². The van der Waals surface area contributed by atoms with Crippen LogP contribution in [0.3, 0.4) is 0 Å². The first kappa shape index (κ1) is 22.0. The Bertz CT molecular complexity index is 873. The zero-order chi connectivity index (χ0) is 22.0. The van der Waals surface area contributed by atoms with Gasteiger partial charge in [-0.3, -0.25) is 0 Å². The zero-order valence-electron chi connectivity index (χ0n) is 19.6. The zero-order valence-corrected chi connectivity index (χ0v) is 19.6. The molecule has 170 valence electrons. The summed E-state index contributed by atoms with van der Waals surface area (Å²) < 4.78 is 13.1. The van der Waals surface area contributed by atoms with Crippen molar-refractivity contribution >= 4 is 0 Å². The number of fused-ring (bicyclic) bond motifs is 1. The lowest BCUT2D eigenvalue weighted by atomic mass is 9.98.